The lowest BCUT2D eigenvalue weighted by molar-refractivity contribution is 0.102. The molecule has 0 aliphatic carbocycles. The highest BCUT2D eigenvalue weighted by atomic mass is 35.5. The van der Waals surface area contributed by atoms with Crippen molar-refractivity contribution < 1.29 is 4.79 Å². The standard InChI is InChI=1S/C16H19ClN4O/c1-4-7-18-15-9-14(19-11(3)20-15)16(22)21-13-8-12(17)6-5-10(13)2/h5-6,8-9H,4,7H2,1-3H3,(H,21,22)(H,18,19,20). The Labute approximate surface area is 135 Å². The molecule has 0 spiro atoms. The fraction of sp³-hybridized carbons (Fsp3) is 0.312. The van der Waals surface area contributed by atoms with Crippen LogP contribution in [0.4, 0.5) is 11.5 Å². The maximum Gasteiger partial charge on any atom is 0.274 e. The van der Waals surface area contributed by atoms with Gasteiger partial charge in [-0.2, -0.15) is 0 Å². The number of amides is 1. The van der Waals surface area contributed by atoms with Crippen LogP contribution in [-0.2, 0) is 0 Å². The summed E-state index contributed by atoms with van der Waals surface area (Å²) in [7, 11) is 0. The molecule has 0 saturated heterocycles. The molecule has 116 valence electrons. The number of halogens is 1. The van der Waals surface area contributed by atoms with Gasteiger partial charge >= 0.3 is 0 Å². The van der Waals surface area contributed by atoms with Gasteiger partial charge in [0.1, 0.15) is 17.3 Å². The number of hydrogen-bond acceptors (Lipinski definition) is 4. The molecule has 0 bridgehead atoms. The minimum absolute atomic E-state index is 0.282. The van der Waals surface area contributed by atoms with Crippen molar-refractivity contribution in [3.63, 3.8) is 0 Å². The van der Waals surface area contributed by atoms with Gasteiger partial charge in [0.25, 0.3) is 5.91 Å². The molecule has 0 unspecified atom stereocenters. The average molecular weight is 319 g/mol. The van der Waals surface area contributed by atoms with Crippen LogP contribution in [0.2, 0.25) is 5.02 Å². The van der Waals surface area contributed by atoms with E-state index in [2.05, 4.69) is 27.5 Å². The number of rotatable bonds is 5. The van der Waals surface area contributed by atoms with E-state index in [1.165, 1.54) is 0 Å². The Bertz CT molecular complexity index is 688. The van der Waals surface area contributed by atoms with E-state index in [0.717, 1.165) is 18.5 Å². The van der Waals surface area contributed by atoms with Gasteiger partial charge in [-0.05, 0) is 38.0 Å². The van der Waals surface area contributed by atoms with E-state index < -0.39 is 0 Å². The summed E-state index contributed by atoms with van der Waals surface area (Å²) in [6.07, 6.45) is 0.978. The molecule has 22 heavy (non-hydrogen) atoms. The molecule has 0 aliphatic heterocycles. The van der Waals surface area contributed by atoms with Crippen LogP contribution in [-0.4, -0.2) is 22.4 Å². The van der Waals surface area contributed by atoms with Gasteiger partial charge in [-0.1, -0.05) is 24.6 Å². The average Bonchev–Trinajstić information content (AvgIpc) is 2.48. The Balaban J connectivity index is 2.21. The van der Waals surface area contributed by atoms with Crippen LogP contribution in [0.15, 0.2) is 24.3 Å². The lowest BCUT2D eigenvalue weighted by Crippen LogP contribution is -2.16. The number of carbonyl (C=O) groups is 1. The number of nitrogens with one attached hydrogen (secondary N) is 2. The normalized spacial score (nSPS) is 10.4. The van der Waals surface area contributed by atoms with Gasteiger partial charge in [-0.3, -0.25) is 4.79 Å². The van der Waals surface area contributed by atoms with E-state index in [1.807, 2.05) is 13.0 Å². The topological polar surface area (TPSA) is 66.9 Å². The van der Waals surface area contributed by atoms with Crippen LogP contribution in [0.3, 0.4) is 0 Å². The lowest BCUT2D eigenvalue weighted by atomic mass is 10.2. The Hall–Kier alpha value is -2.14. The second kappa shape index (κ2) is 7.22. The smallest absolute Gasteiger partial charge is 0.274 e. The van der Waals surface area contributed by atoms with Gasteiger partial charge < -0.3 is 10.6 Å². The largest absolute Gasteiger partial charge is 0.370 e. The van der Waals surface area contributed by atoms with E-state index in [1.54, 1.807) is 25.1 Å². The maximum atomic E-state index is 12.4. The monoisotopic (exact) mass is 318 g/mol. The zero-order chi connectivity index (χ0) is 16.1. The summed E-state index contributed by atoms with van der Waals surface area (Å²) >= 11 is 5.97. The highest BCUT2D eigenvalue weighted by Crippen LogP contribution is 2.21. The molecule has 0 fully saturated rings. The molecule has 1 heterocycles. The van der Waals surface area contributed by atoms with Crippen LogP contribution in [0, 0.1) is 13.8 Å². The van der Waals surface area contributed by atoms with Crippen molar-refractivity contribution in [3.8, 4) is 0 Å². The quantitative estimate of drug-likeness (QED) is 0.879. The Kier molecular flexibility index (Phi) is 5.33. The minimum Gasteiger partial charge on any atom is -0.370 e. The van der Waals surface area contributed by atoms with Crippen molar-refractivity contribution >= 4 is 29.0 Å². The van der Waals surface area contributed by atoms with Gasteiger partial charge in [-0.15, -0.1) is 0 Å². The van der Waals surface area contributed by atoms with Crippen LogP contribution >= 0.6 is 11.6 Å². The predicted molar refractivity (Wildman–Crippen MR) is 89.7 cm³/mol. The number of carbonyl (C=O) groups excluding carboxylic acids is 1. The molecule has 2 rings (SSSR count). The molecule has 1 aromatic carbocycles. The van der Waals surface area contributed by atoms with Gasteiger partial charge in [0.2, 0.25) is 0 Å². The first-order chi connectivity index (χ1) is 10.5. The van der Waals surface area contributed by atoms with Crippen molar-refractivity contribution in [2.75, 3.05) is 17.2 Å². The zero-order valence-corrected chi connectivity index (χ0v) is 13.7. The molecule has 6 heteroatoms. The van der Waals surface area contributed by atoms with E-state index in [-0.39, 0.29) is 5.91 Å². The number of aryl methyl sites for hydroxylation is 2. The summed E-state index contributed by atoms with van der Waals surface area (Å²) in [5, 5.41) is 6.57. The zero-order valence-electron chi connectivity index (χ0n) is 12.9. The predicted octanol–water partition coefficient (Wildman–Crippen LogP) is 3.82. The first kappa shape index (κ1) is 16.2. The molecule has 0 atom stereocenters. The number of nitrogens with zero attached hydrogens (tertiary/aromatic N) is 2. The highest BCUT2D eigenvalue weighted by molar-refractivity contribution is 6.31. The third kappa shape index (κ3) is 4.18. The summed E-state index contributed by atoms with van der Waals surface area (Å²) in [6, 6.07) is 7.02. The van der Waals surface area contributed by atoms with Crippen LogP contribution in [0.5, 0.6) is 0 Å². The number of benzene rings is 1. The molecule has 1 amide bonds. The second-order valence-corrected chi connectivity index (χ2v) is 5.46. The van der Waals surface area contributed by atoms with E-state index in [9.17, 15) is 4.79 Å². The first-order valence-corrected chi connectivity index (χ1v) is 7.54. The molecule has 2 N–H and O–H groups in total. The van der Waals surface area contributed by atoms with Crippen molar-refractivity contribution in [2.45, 2.75) is 27.2 Å². The van der Waals surface area contributed by atoms with Crippen LogP contribution in [0.25, 0.3) is 0 Å². The minimum atomic E-state index is -0.282. The second-order valence-electron chi connectivity index (χ2n) is 5.03. The summed E-state index contributed by atoms with van der Waals surface area (Å²) in [4.78, 5) is 20.8. The third-order valence-corrected chi connectivity index (χ3v) is 3.31. The van der Waals surface area contributed by atoms with Crippen molar-refractivity contribution in [1.82, 2.24) is 9.97 Å². The van der Waals surface area contributed by atoms with Crippen LogP contribution < -0.4 is 10.6 Å². The van der Waals surface area contributed by atoms with Crippen LogP contribution in [0.1, 0.15) is 35.2 Å². The molecule has 2 aromatic rings. The SMILES string of the molecule is CCCNc1cc(C(=O)Nc2cc(Cl)ccc2C)nc(C)n1. The molecular weight excluding hydrogens is 300 g/mol. The summed E-state index contributed by atoms with van der Waals surface area (Å²) in [6.45, 7) is 6.53. The Morgan fingerprint density at radius 1 is 1.23 bits per heavy atom. The van der Waals surface area contributed by atoms with E-state index in [0.29, 0.717) is 28.0 Å². The van der Waals surface area contributed by atoms with Gasteiger partial charge in [-0.25, -0.2) is 9.97 Å². The third-order valence-electron chi connectivity index (χ3n) is 3.07. The van der Waals surface area contributed by atoms with E-state index in [4.69, 9.17) is 11.6 Å². The molecule has 0 saturated carbocycles. The highest BCUT2D eigenvalue weighted by Gasteiger charge is 2.12. The van der Waals surface area contributed by atoms with Crippen molar-refractivity contribution in [2.24, 2.45) is 0 Å². The fourth-order valence-electron chi connectivity index (χ4n) is 1.94. The van der Waals surface area contributed by atoms with Gasteiger partial charge in [0.15, 0.2) is 0 Å². The fourth-order valence-corrected chi connectivity index (χ4v) is 2.11. The van der Waals surface area contributed by atoms with Crippen molar-refractivity contribution in [3.05, 3.63) is 46.4 Å². The molecule has 1 aromatic heterocycles. The van der Waals surface area contributed by atoms with Gasteiger partial charge in [0, 0.05) is 23.3 Å². The maximum absolute atomic E-state index is 12.4. The number of anilines is 2. The molecule has 0 radical (unpaired) electrons. The Morgan fingerprint density at radius 2 is 2.00 bits per heavy atom. The lowest BCUT2D eigenvalue weighted by Gasteiger charge is -2.10. The summed E-state index contributed by atoms with van der Waals surface area (Å²) in [5.41, 5.74) is 1.94. The number of aromatic nitrogens is 2. The molecular formula is C16H19ClN4O. The Morgan fingerprint density at radius 3 is 2.73 bits per heavy atom. The number of hydrogen-bond donors (Lipinski definition) is 2. The summed E-state index contributed by atoms with van der Waals surface area (Å²) < 4.78 is 0. The van der Waals surface area contributed by atoms with Gasteiger partial charge in [0.05, 0.1) is 0 Å². The van der Waals surface area contributed by atoms with Crippen molar-refractivity contribution in [1.29, 1.82) is 0 Å². The molecule has 0 aliphatic rings. The summed E-state index contributed by atoms with van der Waals surface area (Å²) in [5.74, 6) is 0.923. The van der Waals surface area contributed by atoms with E-state index >= 15 is 0 Å². The molecule has 5 nitrogen and oxygen atoms in total. The first-order valence-electron chi connectivity index (χ1n) is 7.16.